The predicted octanol–water partition coefficient (Wildman–Crippen LogP) is 2.22. The molecule has 2 aliphatic rings. The first-order valence-electron chi connectivity index (χ1n) is 12.0. The van der Waals surface area contributed by atoms with Gasteiger partial charge in [-0.3, -0.25) is 14.4 Å². The van der Waals surface area contributed by atoms with E-state index in [2.05, 4.69) is 30.6 Å². The zero-order valence-corrected chi connectivity index (χ0v) is 20.7. The quantitative estimate of drug-likeness (QED) is 0.566. The number of benzene rings is 1. The van der Waals surface area contributed by atoms with Gasteiger partial charge in [-0.05, 0) is 35.3 Å². The molecule has 1 aromatic rings. The molecular formula is C26H36N4O4. The Morgan fingerprint density at radius 3 is 2.44 bits per heavy atom. The highest BCUT2D eigenvalue weighted by atomic mass is 16.3. The number of nitrogens with zero attached hydrogens (tertiary/aromatic N) is 2. The number of aliphatic hydroxyl groups excluding tert-OH is 1. The number of carbonyl (C=O) groups is 3. The van der Waals surface area contributed by atoms with Crippen LogP contribution in [0, 0.1) is 22.2 Å². The summed E-state index contributed by atoms with van der Waals surface area (Å²) in [7, 11) is 0. The van der Waals surface area contributed by atoms with E-state index in [-0.39, 0.29) is 18.9 Å². The first-order chi connectivity index (χ1) is 15.9. The van der Waals surface area contributed by atoms with Crippen LogP contribution in [0.5, 0.6) is 0 Å². The minimum absolute atomic E-state index is 0.0192. The van der Waals surface area contributed by atoms with Crippen molar-refractivity contribution in [3.63, 3.8) is 0 Å². The second kappa shape index (κ2) is 9.75. The molecule has 2 fully saturated rings. The summed E-state index contributed by atoms with van der Waals surface area (Å²) in [5.74, 6) is -0.903. The molecule has 1 heterocycles. The van der Waals surface area contributed by atoms with Crippen LogP contribution in [0.1, 0.15) is 70.9 Å². The Morgan fingerprint density at radius 2 is 1.88 bits per heavy atom. The second-order valence-corrected chi connectivity index (χ2v) is 10.9. The van der Waals surface area contributed by atoms with Gasteiger partial charge >= 0.3 is 0 Å². The predicted molar refractivity (Wildman–Crippen MR) is 127 cm³/mol. The summed E-state index contributed by atoms with van der Waals surface area (Å²) in [4.78, 5) is 40.8. The van der Waals surface area contributed by atoms with Crippen LogP contribution in [-0.4, -0.2) is 52.5 Å². The molecule has 3 N–H and O–H groups in total. The number of hydrogen-bond donors (Lipinski definition) is 3. The maximum atomic E-state index is 13.6. The molecule has 8 nitrogen and oxygen atoms in total. The first-order valence-corrected chi connectivity index (χ1v) is 12.0. The molecule has 184 valence electrons. The highest BCUT2D eigenvalue weighted by Crippen LogP contribution is 2.45. The van der Waals surface area contributed by atoms with Crippen molar-refractivity contribution < 1.29 is 19.5 Å². The lowest BCUT2D eigenvalue weighted by atomic mass is 9.85. The van der Waals surface area contributed by atoms with Crippen molar-refractivity contribution in [2.45, 2.75) is 84.5 Å². The van der Waals surface area contributed by atoms with E-state index in [1.54, 1.807) is 0 Å². The number of nitrogens with one attached hydrogen (secondary N) is 2. The molecule has 3 atom stereocenters. The van der Waals surface area contributed by atoms with Crippen molar-refractivity contribution >= 4 is 17.7 Å². The summed E-state index contributed by atoms with van der Waals surface area (Å²) >= 11 is 0. The van der Waals surface area contributed by atoms with Crippen LogP contribution in [0.3, 0.4) is 0 Å². The third kappa shape index (κ3) is 5.41. The molecular weight excluding hydrogens is 432 g/mol. The smallest absolute Gasteiger partial charge is 0.246 e. The molecule has 1 aliphatic carbocycles. The average molecular weight is 469 g/mol. The minimum Gasteiger partial charge on any atom is -0.391 e. The number of nitriles is 1. The van der Waals surface area contributed by atoms with Gasteiger partial charge in [0.15, 0.2) is 0 Å². The van der Waals surface area contributed by atoms with Crippen molar-refractivity contribution in [1.29, 1.82) is 5.26 Å². The third-order valence-electron chi connectivity index (χ3n) is 6.78. The molecule has 1 saturated carbocycles. The van der Waals surface area contributed by atoms with Gasteiger partial charge in [-0.15, -0.1) is 0 Å². The molecule has 3 rings (SSSR count). The molecule has 1 aliphatic heterocycles. The maximum absolute atomic E-state index is 13.6. The van der Waals surface area contributed by atoms with Crippen molar-refractivity contribution in [1.82, 2.24) is 15.5 Å². The molecule has 3 amide bonds. The van der Waals surface area contributed by atoms with E-state index in [9.17, 15) is 24.8 Å². The zero-order valence-electron chi connectivity index (χ0n) is 20.7. The third-order valence-corrected chi connectivity index (χ3v) is 6.78. The SMILES string of the molecule is CC(C)c1ccccc1CNC(=O)C1CC(O)CN1C(=O)C(NC(=O)C1(C#N)CC1)C(C)(C)C. The standard InChI is InChI=1S/C26H36N4O4/c1-16(2)19-9-7-6-8-17(19)13-28-22(32)20-12-18(31)14-30(20)23(33)21(25(3,4)5)29-24(34)26(15-27)10-11-26/h6-9,16,18,20-21,31H,10-14H2,1-5H3,(H,28,32)(H,29,34). The highest BCUT2D eigenvalue weighted by molar-refractivity contribution is 5.95. The zero-order chi connectivity index (χ0) is 25.3. The lowest BCUT2D eigenvalue weighted by Gasteiger charge is -2.35. The van der Waals surface area contributed by atoms with Gasteiger partial charge in [0.2, 0.25) is 17.7 Å². The summed E-state index contributed by atoms with van der Waals surface area (Å²) in [5, 5.41) is 25.4. The first kappa shape index (κ1) is 25.7. The summed E-state index contributed by atoms with van der Waals surface area (Å²) in [5.41, 5.74) is 0.440. The van der Waals surface area contributed by atoms with Crippen LogP contribution < -0.4 is 10.6 Å². The van der Waals surface area contributed by atoms with Crippen LogP contribution in [0.25, 0.3) is 0 Å². The molecule has 8 heteroatoms. The summed E-state index contributed by atoms with van der Waals surface area (Å²) in [6.07, 6.45) is 0.265. The van der Waals surface area contributed by atoms with Crippen LogP contribution in [0.15, 0.2) is 24.3 Å². The monoisotopic (exact) mass is 468 g/mol. The van der Waals surface area contributed by atoms with Crippen LogP contribution in [0.4, 0.5) is 0 Å². The molecule has 0 bridgehead atoms. The van der Waals surface area contributed by atoms with E-state index in [1.165, 1.54) is 4.90 Å². The molecule has 34 heavy (non-hydrogen) atoms. The van der Waals surface area contributed by atoms with E-state index in [4.69, 9.17) is 0 Å². The Morgan fingerprint density at radius 1 is 1.24 bits per heavy atom. The van der Waals surface area contributed by atoms with Gasteiger partial charge in [-0.1, -0.05) is 58.9 Å². The van der Waals surface area contributed by atoms with Gasteiger partial charge in [-0.2, -0.15) is 5.26 Å². The average Bonchev–Trinajstić information content (AvgIpc) is 3.49. The number of amides is 3. The van der Waals surface area contributed by atoms with Gasteiger partial charge in [-0.25, -0.2) is 0 Å². The number of likely N-dealkylation sites (tertiary alicyclic amines) is 1. The van der Waals surface area contributed by atoms with Crippen LogP contribution in [-0.2, 0) is 20.9 Å². The van der Waals surface area contributed by atoms with E-state index in [0.29, 0.717) is 25.3 Å². The summed E-state index contributed by atoms with van der Waals surface area (Å²) in [6, 6.07) is 8.19. The summed E-state index contributed by atoms with van der Waals surface area (Å²) in [6.45, 7) is 10.0. The van der Waals surface area contributed by atoms with Gasteiger partial charge in [0, 0.05) is 19.5 Å². The molecule has 3 unspecified atom stereocenters. The van der Waals surface area contributed by atoms with Gasteiger partial charge in [0.05, 0.1) is 12.2 Å². The van der Waals surface area contributed by atoms with E-state index in [0.717, 1.165) is 11.1 Å². The minimum atomic E-state index is -1.06. The molecule has 0 radical (unpaired) electrons. The topological polar surface area (TPSA) is 123 Å². The normalized spacial score (nSPS) is 22.1. The van der Waals surface area contributed by atoms with Gasteiger partial charge < -0.3 is 20.6 Å². The molecule has 0 spiro atoms. The Kier molecular flexibility index (Phi) is 7.37. The fourth-order valence-corrected chi connectivity index (χ4v) is 4.46. The number of hydrogen-bond acceptors (Lipinski definition) is 5. The van der Waals surface area contributed by atoms with Crippen molar-refractivity contribution in [3.05, 3.63) is 35.4 Å². The number of rotatable bonds is 7. The van der Waals surface area contributed by atoms with Crippen molar-refractivity contribution in [2.75, 3.05) is 6.54 Å². The molecule has 1 aromatic carbocycles. The van der Waals surface area contributed by atoms with Crippen LogP contribution in [0.2, 0.25) is 0 Å². The largest absolute Gasteiger partial charge is 0.391 e. The Hall–Kier alpha value is -2.92. The lowest BCUT2D eigenvalue weighted by molar-refractivity contribution is -0.144. The Labute approximate surface area is 201 Å². The Balaban J connectivity index is 1.75. The fraction of sp³-hybridized carbons (Fsp3) is 0.615. The van der Waals surface area contributed by atoms with E-state index >= 15 is 0 Å². The van der Waals surface area contributed by atoms with E-state index < -0.39 is 40.8 Å². The fourth-order valence-electron chi connectivity index (χ4n) is 4.46. The highest BCUT2D eigenvalue weighted by Gasteiger charge is 2.53. The molecule has 1 saturated heterocycles. The maximum Gasteiger partial charge on any atom is 0.246 e. The molecule has 0 aromatic heterocycles. The number of aliphatic hydroxyl groups is 1. The van der Waals surface area contributed by atoms with E-state index in [1.807, 2.05) is 45.0 Å². The summed E-state index contributed by atoms with van der Waals surface area (Å²) < 4.78 is 0. The van der Waals surface area contributed by atoms with Crippen LogP contribution >= 0.6 is 0 Å². The van der Waals surface area contributed by atoms with Gasteiger partial charge in [0.1, 0.15) is 17.5 Å². The van der Waals surface area contributed by atoms with Crippen molar-refractivity contribution in [2.24, 2.45) is 10.8 Å². The number of β-amino-alcohol motifs (C(OH)–C–C–N with tert-alkyl or cyclic N) is 1. The Bertz CT molecular complexity index is 987. The van der Waals surface area contributed by atoms with Gasteiger partial charge in [0.25, 0.3) is 0 Å². The number of carbonyl (C=O) groups excluding carboxylic acids is 3. The second-order valence-electron chi connectivity index (χ2n) is 10.9. The lowest BCUT2D eigenvalue weighted by Crippen LogP contribution is -2.58. The van der Waals surface area contributed by atoms with Crippen molar-refractivity contribution in [3.8, 4) is 6.07 Å².